The van der Waals surface area contributed by atoms with Crippen LogP contribution in [0.25, 0.3) is 99.1 Å². The van der Waals surface area contributed by atoms with Crippen molar-refractivity contribution in [3.05, 3.63) is 130 Å². The molecule has 420 valence electrons. The van der Waals surface area contributed by atoms with Crippen molar-refractivity contribution < 1.29 is 18.3 Å². The first-order chi connectivity index (χ1) is 38.8. The van der Waals surface area contributed by atoms with Crippen molar-refractivity contribution in [1.29, 1.82) is 0 Å². The topological polar surface area (TPSA) is 80.4 Å². The summed E-state index contributed by atoms with van der Waals surface area (Å²) in [5, 5.41) is 12.4. The highest BCUT2D eigenvalue weighted by molar-refractivity contribution is 7.51. The Balaban J connectivity index is 1.27. The summed E-state index contributed by atoms with van der Waals surface area (Å²) >= 11 is 0. The molecule has 13 rings (SSSR count). The molecule has 0 aliphatic carbocycles. The summed E-state index contributed by atoms with van der Waals surface area (Å²) in [6, 6.07) is 27.3. The summed E-state index contributed by atoms with van der Waals surface area (Å²) in [6.07, 6.45) is 5.77. The van der Waals surface area contributed by atoms with E-state index in [2.05, 4.69) is 217 Å². The minimum atomic E-state index is -2.78. The number of benzene rings is 6. The third-order valence-corrected chi connectivity index (χ3v) is 56.3. The fraction of sp³-hybridized carbons (Fsp3) is 0.343. The van der Waals surface area contributed by atoms with Gasteiger partial charge in [0.15, 0.2) is 0 Å². The molecule has 0 radical (unpaired) electrons. The van der Waals surface area contributed by atoms with Gasteiger partial charge in [-0.3, -0.25) is 9.97 Å². The molecule has 0 saturated heterocycles. The monoisotopic (exact) mass is 1150 g/mol. The number of rotatable bonds is 8. The first kappa shape index (κ1) is 54.5. The van der Waals surface area contributed by atoms with Gasteiger partial charge in [0, 0.05) is 44.7 Å². The molecule has 1 aliphatic rings. The van der Waals surface area contributed by atoms with E-state index in [0.29, 0.717) is 0 Å². The molecule has 8 nitrogen and oxygen atoms in total. The van der Waals surface area contributed by atoms with Crippen LogP contribution in [0, 0.1) is 55.4 Å². The number of hydrogen-bond donors (Lipinski definition) is 0. The van der Waals surface area contributed by atoms with Crippen LogP contribution in [0.15, 0.2) is 94.0 Å². The minimum Gasteiger partial charge on any atom is -0.491 e. The van der Waals surface area contributed by atoms with Gasteiger partial charge in [0.1, 0.15) is 33.8 Å². The van der Waals surface area contributed by atoms with Crippen LogP contribution in [0.4, 0.5) is 0 Å². The lowest BCUT2D eigenvalue weighted by atomic mass is 10.0. The summed E-state index contributed by atoms with van der Waals surface area (Å²) < 4.78 is 35.6. The molecule has 7 heterocycles. The number of para-hydroxylation sites is 2. The number of pyridine rings is 2. The standard InChI is InChI=1S/C70H80N4O4Si4/c1-21-41(7)75-47-33-51-55-43(9)63(73-59-37(3)25-23-27-49(59)57-61(73)39(5)29-31-71-57)45(11)69-67(55)77-65(51)53(35-47)79(13,14)81(17,18)70-46(12)64(74-60-38(4)26-24-28-50(60)58-62(74)40(6)30-32-72-58)44(10)56-52-34-48(76-42(8)22-2)36-54(66(52)78-68(56)70)80(15,16)82(69,19)20/h23-36,41-42H,21-22H2,1-20H3. The van der Waals surface area contributed by atoms with Crippen molar-refractivity contribution in [2.24, 2.45) is 0 Å². The molecule has 0 saturated carbocycles. The van der Waals surface area contributed by atoms with Crippen LogP contribution in [0.5, 0.6) is 11.5 Å². The highest BCUT2D eigenvalue weighted by Gasteiger charge is 2.52. The van der Waals surface area contributed by atoms with E-state index in [0.717, 1.165) is 79.5 Å². The van der Waals surface area contributed by atoms with Gasteiger partial charge >= 0.3 is 0 Å². The SMILES string of the molecule is CCC(C)Oc1cc2c3oc4c(c(C)c(-n5c6c(C)cccc6c6nccc(C)c65)c(C)c4c3c1)[Si](C)(C)[Si](C)(C)c1cc(OC(C)CC)cc3c1oc1c(c(C)c(-n4c5c(C)cccc5c5nccc(C)c54)c(C)c13)[Si](C)(C)[Si]2(C)C. The number of aromatic nitrogens is 4. The van der Waals surface area contributed by atoms with Crippen molar-refractivity contribution in [2.45, 2.75) is 161 Å². The van der Waals surface area contributed by atoms with Crippen LogP contribution in [-0.4, -0.2) is 61.7 Å². The van der Waals surface area contributed by atoms with Crippen molar-refractivity contribution >= 4 is 139 Å². The number of aryl methyl sites for hydroxylation is 6. The molecular formula is C70H80N4O4Si4. The van der Waals surface area contributed by atoms with Crippen LogP contribution in [-0.2, 0) is 0 Å². The van der Waals surface area contributed by atoms with Gasteiger partial charge in [0.05, 0.1) is 87.0 Å². The molecule has 1 aliphatic heterocycles. The second kappa shape index (κ2) is 18.4. The molecule has 6 aromatic carbocycles. The highest BCUT2D eigenvalue weighted by Crippen LogP contribution is 2.47. The first-order valence-corrected chi connectivity index (χ1v) is 43.9. The minimum absolute atomic E-state index is 0.0170. The number of nitrogens with zero attached hydrogens (tertiary/aromatic N) is 4. The Bertz CT molecular complexity index is 4340. The Kier molecular flexibility index (Phi) is 12.2. The predicted octanol–water partition coefficient (Wildman–Crippen LogP) is 16.8. The fourth-order valence-electron chi connectivity index (χ4n) is 15.0. The molecule has 0 N–H and O–H groups in total. The molecule has 0 spiro atoms. The zero-order valence-corrected chi connectivity index (χ0v) is 56.1. The van der Waals surface area contributed by atoms with Gasteiger partial charge in [0.2, 0.25) is 0 Å². The maximum Gasteiger partial charge on any atom is 0.135 e. The Morgan fingerprint density at radius 3 is 1.17 bits per heavy atom. The molecule has 2 unspecified atom stereocenters. The second-order valence-corrected chi connectivity index (χ2v) is 56.8. The van der Waals surface area contributed by atoms with E-state index in [1.165, 1.54) is 109 Å². The molecule has 2 atom stereocenters. The Morgan fingerprint density at radius 2 is 0.805 bits per heavy atom. The van der Waals surface area contributed by atoms with E-state index in [1.807, 2.05) is 12.4 Å². The Hall–Kier alpha value is -6.71. The van der Waals surface area contributed by atoms with Crippen molar-refractivity contribution in [3.63, 3.8) is 0 Å². The molecule has 0 fully saturated rings. The van der Waals surface area contributed by atoms with E-state index < -0.39 is 30.4 Å². The molecule has 12 aromatic rings. The van der Waals surface area contributed by atoms with Gasteiger partial charge in [-0.05, 0) is 184 Å². The van der Waals surface area contributed by atoms with Gasteiger partial charge in [-0.2, -0.15) is 0 Å². The van der Waals surface area contributed by atoms with Crippen LogP contribution < -0.4 is 30.2 Å². The van der Waals surface area contributed by atoms with E-state index in [-0.39, 0.29) is 12.2 Å². The van der Waals surface area contributed by atoms with Gasteiger partial charge in [0.25, 0.3) is 0 Å². The lowest BCUT2D eigenvalue weighted by Crippen LogP contribution is -2.70. The number of ether oxygens (including phenoxy) is 2. The van der Waals surface area contributed by atoms with Crippen LogP contribution in [0.3, 0.4) is 0 Å². The van der Waals surface area contributed by atoms with Gasteiger partial charge in [-0.25, -0.2) is 0 Å². The molecule has 6 aromatic heterocycles. The zero-order chi connectivity index (χ0) is 58.3. The van der Waals surface area contributed by atoms with Gasteiger partial charge in [-0.15, -0.1) is 0 Å². The second-order valence-electron chi connectivity index (χ2n) is 26.7. The number of fused-ring (bicyclic) bond motifs is 8. The molecule has 4 bridgehead atoms. The van der Waals surface area contributed by atoms with Gasteiger partial charge < -0.3 is 27.4 Å². The summed E-state index contributed by atoms with van der Waals surface area (Å²) in [7, 11) is -11.1. The maximum absolute atomic E-state index is 8.06. The average molecular weight is 1150 g/mol. The molecule has 0 amide bonds. The normalized spacial score (nSPS) is 16.4. The maximum atomic E-state index is 8.06. The van der Waals surface area contributed by atoms with Gasteiger partial charge in [-0.1, -0.05) is 103 Å². The first-order valence-electron chi connectivity index (χ1n) is 29.9. The van der Waals surface area contributed by atoms with Crippen molar-refractivity contribution in [1.82, 2.24) is 19.1 Å². The number of furan rings is 2. The van der Waals surface area contributed by atoms with Crippen LogP contribution in [0.1, 0.15) is 85.0 Å². The summed E-state index contributed by atoms with van der Waals surface area (Å²) in [4.78, 5) is 10.3. The van der Waals surface area contributed by atoms with Crippen LogP contribution >= 0.6 is 0 Å². The van der Waals surface area contributed by atoms with E-state index in [1.54, 1.807) is 0 Å². The fourth-order valence-corrected chi connectivity index (χ4v) is 34.4. The highest BCUT2D eigenvalue weighted by atomic mass is 29.3. The van der Waals surface area contributed by atoms with E-state index in [9.17, 15) is 0 Å². The Morgan fingerprint density at radius 1 is 0.439 bits per heavy atom. The summed E-state index contributed by atoms with van der Waals surface area (Å²) in [5.41, 5.74) is 23.2. The lowest BCUT2D eigenvalue weighted by molar-refractivity contribution is 0.217. The summed E-state index contributed by atoms with van der Waals surface area (Å²) in [6.45, 7) is 48.5. The quantitative estimate of drug-likeness (QED) is 0.141. The van der Waals surface area contributed by atoms with Crippen LogP contribution in [0.2, 0.25) is 52.4 Å². The third kappa shape index (κ3) is 7.16. The third-order valence-electron chi connectivity index (χ3n) is 21.0. The number of hydrogen-bond acceptors (Lipinski definition) is 6. The predicted molar refractivity (Wildman–Crippen MR) is 359 cm³/mol. The van der Waals surface area contributed by atoms with E-state index >= 15 is 0 Å². The molecular weight excluding hydrogens is 1070 g/mol. The lowest BCUT2D eigenvalue weighted by Gasteiger charge is -2.41. The zero-order valence-electron chi connectivity index (χ0n) is 52.1. The van der Waals surface area contributed by atoms with Crippen molar-refractivity contribution in [2.75, 3.05) is 0 Å². The molecule has 82 heavy (non-hydrogen) atoms. The Labute approximate surface area is 486 Å². The summed E-state index contributed by atoms with van der Waals surface area (Å²) in [5.74, 6) is 1.82. The largest absolute Gasteiger partial charge is 0.491 e. The molecule has 12 heteroatoms. The average Bonchev–Trinajstić information content (AvgIpc) is 1.63. The van der Waals surface area contributed by atoms with E-state index in [4.69, 9.17) is 28.3 Å². The van der Waals surface area contributed by atoms with Crippen molar-refractivity contribution in [3.8, 4) is 22.9 Å². The smallest absolute Gasteiger partial charge is 0.135 e.